The molecule has 0 saturated heterocycles. The molecule has 0 aliphatic carbocycles. The van der Waals surface area contributed by atoms with Crippen LogP contribution in [-0.4, -0.2) is 27.2 Å². The van der Waals surface area contributed by atoms with Gasteiger partial charge in [-0.25, -0.2) is 0 Å². The Morgan fingerprint density at radius 1 is 1.28 bits per heavy atom. The van der Waals surface area contributed by atoms with Crippen LogP contribution >= 0.6 is 0 Å². The first-order valence-electron chi connectivity index (χ1n) is 5.17. The minimum atomic E-state index is -0.609. The third-order valence-electron chi connectivity index (χ3n) is 2.38. The Balaban J connectivity index is 2.28. The van der Waals surface area contributed by atoms with E-state index in [-0.39, 0.29) is 11.3 Å². The van der Waals surface area contributed by atoms with Crippen LogP contribution in [0.15, 0.2) is 24.3 Å². The molecule has 2 amide bonds. The number of nitrogens with one attached hydrogen (secondary N) is 2. The molecule has 1 heterocycles. The second-order valence-electron chi connectivity index (χ2n) is 3.62. The second kappa shape index (κ2) is 4.66. The lowest BCUT2D eigenvalue weighted by Gasteiger charge is -2.07. The number of aryl methyl sites for hydroxylation is 1. The number of hydrogen-bond donors (Lipinski definition) is 3. The van der Waals surface area contributed by atoms with E-state index in [0.29, 0.717) is 11.4 Å². The molecule has 2 aromatic rings. The zero-order valence-electron chi connectivity index (χ0n) is 9.60. The van der Waals surface area contributed by atoms with Crippen molar-refractivity contribution in [3.05, 3.63) is 41.2 Å². The Morgan fingerprint density at radius 2 is 2.00 bits per heavy atom. The zero-order valence-corrected chi connectivity index (χ0v) is 9.60. The molecule has 0 spiro atoms. The molecule has 0 atom stereocenters. The van der Waals surface area contributed by atoms with Gasteiger partial charge in [0.25, 0.3) is 11.8 Å². The SMILES string of the molecule is Cc1n[nH]nc1C(=O)Nc1ccccc1C(N)=O. The highest BCUT2D eigenvalue weighted by Crippen LogP contribution is 2.15. The van der Waals surface area contributed by atoms with E-state index in [1.54, 1.807) is 25.1 Å². The van der Waals surface area contributed by atoms with Crippen LogP contribution in [0.5, 0.6) is 0 Å². The predicted octanol–water partition coefficient (Wildman–Crippen LogP) is 0.464. The van der Waals surface area contributed by atoms with Crippen molar-refractivity contribution in [1.29, 1.82) is 0 Å². The number of carbonyl (C=O) groups is 2. The molecule has 4 N–H and O–H groups in total. The standard InChI is InChI=1S/C11H11N5O2/c1-6-9(15-16-14-6)11(18)13-8-5-3-2-4-7(8)10(12)17/h2-5H,1H3,(H2,12,17)(H,13,18)(H,14,15,16). The van der Waals surface area contributed by atoms with Crippen LogP contribution in [0.3, 0.4) is 0 Å². The fourth-order valence-corrected chi connectivity index (χ4v) is 1.49. The van der Waals surface area contributed by atoms with Crippen LogP contribution < -0.4 is 11.1 Å². The molecule has 18 heavy (non-hydrogen) atoms. The summed E-state index contributed by atoms with van der Waals surface area (Å²) in [5, 5.41) is 12.4. The van der Waals surface area contributed by atoms with Gasteiger partial charge in [0, 0.05) is 0 Å². The van der Waals surface area contributed by atoms with Gasteiger partial charge in [-0.3, -0.25) is 9.59 Å². The maximum absolute atomic E-state index is 11.9. The average Bonchev–Trinajstić information content (AvgIpc) is 2.76. The summed E-state index contributed by atoms with van der Waals surface area (Å²) in [4.78, 5) is 23.1. The highest BCUT2D eigenvalue weighted by Gasteiger charge is 2.16. The normalized spacial score (nSPS) is 10.1. The third-order valence-corrected chi connectivity index (χ3v) is 2.38. The van der Waals surface area contributed by atoms with Gasteiger partial charge in [-0.1, -0.05) is 12.1 Å². The van der Waals surface area contributed by atoms with Crippen LogP contribution in [0.4, 0.5) is 5.69 Å². The molecule has 0 radical (unpaired) electrons. The summed E-state index contributed by atoms with van der Waals surface area (Å²) in [6.07, 6.45) is 0. The van der Waals surface area contributed by atoms with E-state index in [9.17, 15) is 9.59 Å². The monoisotopic (exact) mass is 245 g/mol. The van der Waals surface area contributed by atoms with Crippen LogP contribution in [0.2, 0.25) is 0 Å². The lowest BCUT2D eigenvalue weighted by Crippen LogP contribution is -2.19. The molecule has 0 fully saturated rings. The predicted molar refractivity (Wildman–Crippen MR) is 64.0 cm³/mol. The van der Waals surface area contributed by atoms with Crippen LogP contribution in [0.25, 0.3) is 0 Å². The van der Waals surface area contributed by atoms with E-state index in [2.05, 4.69) is 20.7 Å². The van der Waals surface area contributed by atoms with Crippen LogP contribution in [0.1, 0.15) is 26.5 Å². The van der Waals surface area contributed by atoms with Gasteiger partial charge >= 0.3 is 0 Å². The molecule has 2 rings (SSSR count). The number of hydrogen-bond acceptors (Lipinski definition) is 4. The maximum atomic E-state index is 11.9. The topological polar surface area (TPSA) is 114 Å². The van der Waals surface area contributed by atoms with Gasteiger partial charge in [0.05, 0.1) is 16.9 Å². The van der Waals surface area contributed by atoms with Crippen molar-refractivity contribution >= 4 is 17.5 Å². The molecule has 0 saturated carbocycles. The maximum Gasteiger partial charge on any atom is 0.278 e. The minimum Gasteiger partial charge on any atom is -0.366 e. The summed E-state index contributed by atoms with van der Waals surface area (Å²) >= 11 is 0. The number of nitrogens with two attached hydrogens (primary N) is 1. The number of anilines is 1. The van der Waals surface area contributed by atoms with Crippen LogP contribution in [-0.2, 0) is 0 Å². The number of aromatic nitrogens is 3. The Hall–Kier alpha value is -2.70. The fraction of sp³-hybridized carbons (Fsp3) is 0.0909. The van der Waals surface area contributed by atoms with Gasteiger partial charge in [-0.2, -0.15) is 15.4 Å². The summed E-state index contributed by atoms with van der Waals surface area (Å²) in [6.45, 7) is 1.65. The summed E-state index contributed by atoms with van der Waals surface area (Å²) in [5.74, 6) is -1.06. The van der Waals surface area contributed by atoms with Crippen molar-refractivity contribution in [2.24, 2.45) is 5.73 Å². The van der Waals surface area contributed by atoms with Gasteiger partial charge in [0.1, 0.15) is 0 Å². The minimum absolute atomic E-state index is 0.175. The van der Waals surface area contributed by atoms with Gasteiger partial charge in [-0.05, 0) is 19.1 Å². The van der Waals surface area contributed by atoms with Crippen molar-refractivity contribution in [2.75, 3.05) is 5.32 Å². The van der Waals surface area contributed by atoms with E-state index in [1.165, 1.54) is 6.07 Å². The first kappa shape index (κ1) is 11.8. The second-order valence-corrected chi connectivity index (χ2v) is 3.62. The van der Waals surface area contributed by atoms with Gasteiger partial charge in [0.2, 0.25) is 0 Å². The number of carbonyl (C=O) groups excluding carboxylic acids is 2. The number of rotatable bonds is 3. The molecule has 1 aromatic heterocycles. The van der Waals surface area contributed by atoms with Gasteiger partial charge < -0.3 is 11.1 Å². The number of para-hydroxylation sites is 1. The number of aromatic amines is 1. The highest BCUT2D eigenvalue weighted by atomic mass is 16.2. The number of benzene rings is 1. The summed E-state index contributed by atoms with van der Waals surface area (Å²) < 4.78 is 0. The van der Waals surface area contributed by atoms with Crippen LogP contribution in [0, 0.1) is 6.92 Å². The largest absolute Gasteiger partial charge is 0.366 e. The van der Waals surface area contributed by atoms with Crippen molar-refractivity contribution in [1.82, 2.24) is 15.4 Å². The molecule has 92 valence electrons. The van der Waals surface area contributed by atoms with E-state index < -0.39 is 11.8 Å². The van der Waals surface area contributed by atoms with Crippen molar-refractivity contribution in [2.45, 2.75) is 6.92 Å². The summed E-state index contributed by atoms with van der Waals surface area (Å²) in [7, 11) is 0. The number of nitrogens with zero attached hydrogens (tertiary/aromatic N) is 2. The van der Waals surface area contributed by atoms with Crippen molar-refractivity contribution < 1.29 is 9.59 Å². The smallest absolute Gasteiger partial charge is 0.278 e. The molecule has 0 aliphatic heterocycles. The number of amides is 2. The van der Waals surface area contributed by atoms with Crippen molar-refractivity contribution in [3.63, 3.8) is 0 Å². The van der Waals surface area contributed by atoms with E-state index >= 15 is 0 Å². The summed E-state index contributed by atoms with van der Waals surface area (Å²) in [6, 6.07) is 6.48. The molecule has 0 unspecified atom stereocenters. The molecular formula is C11H11N5O2. The number of H-pyrrole nitrogens is 1. The molecule has 0 aliphatic rings. The Labute approximate surface area is 102 Å². The zero-order chi connectivity index (χ0) is 13.1. The fourth-order valence-electron chi connectivity index (χ4n) is 1.49. The first-order valence-corrected chi connectivity index (χ1v) is 5.17. The van der Waals surface area contributed by atoms with Crippen molar-refractivity contribution in [3.8, 4) is 0 Å². The Bertz CT molecular complexity index is 605. The molecular weight excluding hydrogens is 234 g/mol. The third kappa shape index (κ3) is 2.19. The Morgan fingerprint density at radius 3 is 2.61 bits per heavy atom. The molecule has 0 bridgehead atoms. The van der Waals surface area contributed by atoms with E-state index in [0.717, 1.165) is 0 Å². The Kier molecular flexibility index (Phi) is 3.05. The molecule has 1 aromatic carbocycles. The lowest BCUT2D eigenvalue weighted by molar-refractivity contribution is 0.100. The average molecular weight is 245 g/mol. The van der Waals surface area contributed by atoms with Gasteiger partial charge in [-0.15, -0.1) is 0 Å². The quantitative estimate of drug-likeness (QED) is 0.728. The first-order chi connectivity index (χ1) is 8.59. The lowest BCUT2D eigenvalue weighted by atomic mass is 10.1. The van der Waals surface area contributed by atoms with Gasteiger partial charge in [0.15, 0.2) is 5.69 Å². The van der Waals surface area contributed by atoms with E-state index in [4.69, 9.17) is 5.73 Å². The summed E-state index contributed by atoms with van der Waals surface area (Å²) in [5.41, 5.74) is 6.45. The highest BCUT2D eigenvalue weighted by molar-refractivity contribution is 6.08. The van der Waals surface area contributed by atoms with E-state index in [1.807, 2.05) is 0 Å². The number of primary amides is 1. The molecule has 7 nitrogen and oxygen atoms in total. The molecule has 7 heteroatoms.